The topological polar surface area (TPSA) is 111 Å². The molecule has 0 aromatic heterocycles. The zero-order valence-electron chi connectivity index (χ0n) is 50.9. The lowest BCUT2D eigenvalue weighted by molar-refractivity contribution is -0.870. The average molecular weight is 1100 g/mol. The van der Waals surface area contributed by atoms with Gasteiger partial charge < -0.3 is 19.4 Å². The Bertz CT molecular complexity index is 1590. The van der Waals surface area contributed by atoms with Gasteiger partial charge in [-0.15, -0.1) is 0 Å². The zero-order chi connectivity index (χ0) is 56.4. The molecule has 0 bridgehead atoms. The van der Waals surface area contributed by atoms with Gasteiger partial charge in [0.15, 0.2) is 0 Å². The van der Waals surface area contributed by atoms with Crippen molar-refractivity contribution in [1.82, 2.24) is 5.32 Å². The highest BCUT2D eigenvalue weighted by atomic mass is 31.2. The van der Waals surface area contributed by atoms with E-state index in [0.717, 1.165) is 103 Å². The van der Waals surface area contributed by atoms with Gasteiger partial charge in [-0.2, -0.15) is 0 Å². The molecule has 2 N–H and O–H groups in total. The third-order valence-corrected chi connectivity index (χ3v) is 14.8. The van der Waals surface area contributed by atoms with Crippen molar-refractivity contribution in [2.75, 3.05) is 40.9 Å². The minimum atomic E-state index is -4.46. The number of likely N-dealkylation sites (N-methyl/N-ethyl adjacent to an activating group) is 1. The van der Waals surface area contributed by atoms with E-state index in [-0.39, 0.29) is 31.5 Å². The maximum Gasteiger partial charge on any atom is 0.472 e. The van der Waals surface area contributed by atoms with Gasteiger partial charge in [0.1, 0.15) is 19.3 Å². The molecule has 0 aliphatic rings. The van der Waals surface area contributed by atoms with Crippen LogP contribution in [0, 0.1) is 0 Å². The van der Waals surface area contributed by atoms with E-state index in [1.165, 1.54) is 141 Å². The lowest BCUT2D eigenvalue weighted by Crippen LogP contribution is -2.47. The van der Waals surface area contributed by atoms with E-state index in [4.69, 9.17) is 13.8 Å². The number of nitrogens with one attached hydrogen (secondary N) is 1. The predicted octanol–water partition coefficient (Wildman–Crippen LogP) is 19.8. The quantitative estimate of drug-likeness (QED) is 0.0205. The molecule has 0 spiro atoms. The number of unbranched alkanes of at least 4 members (excludes halogenated alkanes) is 29. The first-order chi connectivity index (χ1) is 37.4. The van der Waals surface area contributed by atoms with Gasteiger partial charge in [0, 0.05) is 12.8 Å². The minimum absolute atomic E-state index is 0.0325. The first-order valence-corrected chi connectivity index (χ1v) is 33.4. The van der Waals surface area contributed by atoms with Gasteiger partial charge in [-0.3, -0.25) is 18.6 Å². The fourth-order valence-electron chi connectivity index (χ4n) is 8.90. The van der Waals surface area contributed by atoms with Gasteiger partial charge in [-0.25, -0.2) is 4.57 Å². The Hall–Kier alpha value is -2.81. The molecular weight excluding hydrogens is 976 g/mol. The maximum absolute atomic E-state index is 13.5. The Morgan fingerprint density at radius 2 is 0.831 bits per heavy atom. The number of hydrogen-bond donors (Lipinski definition) is 2. The number of nitrogens with zero attached hydrogens (tertiary/aromatic N) is 1. The molecule has 9 nitrogen and oxygen atoms in total. The van der Waals surface area contributed by atoms with Crippen molar-refractivity contribution in [3.8, 4) is 0 Å². The van der Waals surface area contributed by atoms with E-state index in [9.17, 15) is 19.0 Å². The van der Waals surface area contributed by atoms with E-state index >= 15 is 0 Å². The molecule has 0 fully saturated rings. The number of carbonyl (C=O) groups is 2. The second-order valence-electron chi connectivity index (χ2n) is 22.5. The molecule has 446 valence electrons. The Kier molecular flexibility index (Phi) is 54.4. The van der Waals surface area contributed by atoms with Gasteiger partial charge in [0.25, 0.3) is 0 Å². The summed E-state index contributed by atoms with van der Waals surface area (Å²) in [4.78, 5) is 37.7. The smallest absolute Gasteiger partial charge is 0.456 e. The molecule has 1 amide bonds. The summed E-state index contributed by atoms with van der Waals surface area (Å²) in [5.74, 6) is -0.532. The van der Waals surface area contributed by atoms with Gasteiger partial charge in [-0.05, 0) is 102 Å². The number of ether oxygens (including phenoxy) is 1. The van der Waals surface area contributed by atoms with E-state index in [1.807, 2.05) is 33.3 Å². The van der Waals surface area contributed by atoms with Crippen LogP contribution >= 0.6 is 7.82 Å². The second-order valence-corrected chi connectivity index (χ2v) is 24.0. The van der Waals surface area contributed by atoms with Crippen LogP contribution in [0.15, 0.2) is 85.1 Å². The van der Waals surface area contributed by atoms with Crippen LogP contribution in [0.3, 0.4) is 0 Å². The van der Waals surface area contributed by atoms with Gasteiger partial charge in [0.05, 0.1) is 33.8 Å². The number of hydrogen-bond acceptors (Lipinski definition) is 6. The minimum Gasteiger partial charge on any atom is -0.456 e. The molecule has 0 rings (SSSR count). The molecule has 0 aromatic rings. The average Bonchev–Trinajstić information content (AvgIpc) is 3.39. The summed E-state index contributed by atoms with van der Waals surface area (Å²) in [7, 11) is 1.47. The van der Waals surface area contributed by atoms with Crippen LogP contribution in [0.1, 0.15) is 278 Å². The first kappa shape index (κ1) is 74.2. The van der Waals surface area contributed by atoms with Gasteiger partial charge >= 0.3 is 13.8 Å². The Morgan fingerprint density at radius 3 is 1.27 bits per heavy atom. The van der Waals surface area contributed by atoms with Crippen LogP contribution < -0.4 is 5.32 Å². The summed E-state index contributed by atoms with van der Waals surface area (Å²) >= 11 is 0. The third-order valence-electron chi connectivity index (χ3n) is 13.8. The Labute approximate surface area is 476 Å². The standard InChI is InChI=1S/C67H121N2O7P/c1-7-10-13-16-19-22-25-28-30-31-32-33-34-35-36-37-38-39-40-42-45-48-51-54-57-60-67(71)76-65(58-55-52-49-46-43-27-24-21-18-15-12-9-3)64(63-75-77(72,73)74-62-61-69(4,5)6)68-66(70)59-56-53-50-47-44-41-29-26-23-20-17-14-11-8-2/h11,14,19-20,22-23,28-30,32-33,41,55,58,64-65H,7-10,12-13,15-18,21,24-27,31,34-40,42-54,56-57,59-63H2,1-6H3,(H-,68,70,72,73)/p+1/b14-11+,22-19-,23-20+,30-28-,33-32-,41-29+,58-55-. The molecule has 77 heavy (non-hydrogen) atoms. The van der Waals surface area contributed by atoms with Crippen LogP contribution in [-0.2, 0) is 27.9 Å². The highest BCUT2D eigenvalue weighted by molar-refractivity contribution is 7.47. The van der Waals surface area contributed by atoms with Crippen molar-refractivity contribution >= 4 is 19.7 Å². The molecule has 10 heteroatoms. The highest BCUT2D eigenvalue weighted by Gasteiger charge is 2.30. The van der Waals surface area contributed by atoms with Crippen LogP contribution in [0.5, 0.6) is 0 Å². The molecule has 3 atom stereocenters. The molecule has 0 saturated heterocycles. The van der Waals surface area contributed by atoms with E-state index in [0.29, 0.717) is 17.4 Å². The molecule has 0 saturated carbocycles. The summed E-state index contributed by atoms with van der Waals surface area (Å²) in [6.07, 6.45) is 74.5. The largest absolute Gasteiger partial charge is 0.472 e. The number of carbonyl (C=O) groups excluding carboxylic acids is 2. The Morgan fingerprint density at radius 1 is 0.468 bits per heavy atom. The Balaban J connectivity index is 5.14. The van der Waals surface area contributed by atoms with Gasteiger partial charge in [-0.1, -0.05) is 247 Å². The number of allylic oxidation sites excluding steroid dienone is 13. The highest BCUT2D eigenvalue weighted by Crippen LogP contribution is 2.43. The number of amides is 1. The molecule has 3 unspecified atom stereocenters. The molecule has 0 aromatic carbocycles. The molecular formula is C67H122N2O7P+. The summed E-state index contributed by atoms with van der Waals surface area (Å²) in [5.41, 5.74) is 0. The van der Waals surface area contributed by atoms with Crippen molar-refractivity contribution in [2.24, 2.45) is 0 Å². The summed E-state index contributed by atoms with van der Waals surface area (Å²) in [6.45, 7) is 6.86. The lowest BCUT2D eigenvalue weighted by Gasteiger charge is -2.27. The molecule has 0 aliphatic carbocycles. The maximum atomic E-state index is 13.5. The van der Waals surface area contributed by atoms with E-state index < -0.39 is 20.0 Å². The summed E-state index contributed by atoms with van der Waals surface area (Å²) in [6, 6.07) is -0.864. The summed E-state index contributed by atoms with van der Waals surface area (Å²) in [5, 5.41) is 3.04. The van der Waals surface area contributed by atoms with E-state index in [1.54, 1.807) is 0 Å². The normalized spacial score (nSPS) is 14.2. The number of phosphoric acid groups is 1. The summed E-state index contributed by atoms with van der Waals surface area (Å²) < 4.78 is 30.7. The number of rotatable bonds is 57. The fraction of sp³-hybridized carbons (Fsp3) is 0.761. The first-order valence-electron chi connectivity index (χ1n) is 31.9. The monoisotopic (exact) mass is 1100 g/mol. The van der Waals surface area contributed by atoms with Crippen LogP contribution in [0.4, 0.5) is 0 Å². The lowest BCUT2D eigenvalue weighted by atomic mass is 10.0. The van der Waals surface area contributed by atoms with Crippen LogP contribution in [-0.4, -0.2) is 74.3 Å². The fourth-order valence-corrected chi connectivity index (χ4v) is 9.64. The molecule has 0 aliphatic heterocycles. The third kappa shape index (κ3) is 57.7. The SMILES string of the molecule is CC/C=C/C/C=C/C/C=C/CCCCCCC(=O)NC(COP(=O)(O)OCC[N+](C)(C)C)C(/C=C\CCCCCCCCCCCC)OC(=O)CCCCCCCCCCCCCC/C=C\C/C=C\C/C=C\CCCCC. The number of phosphoric ester groups is 1. The molecule has 0 heterocycles. The number of quaternary nitrogens is 1. The van der Waals surface area contributed by atoms with Crippen molar-refractivity contribution < 1.29 is 37.3 Å². The van der Waals surface area contributed by atoms with E-state index in [2.05, 4.69) is 99.0 Å². The van der Waals surface area contributed by atoms with Gasteiger partial charge in [0.2, 0.25) is 5.91 Å². The van der Waals surface area contributed by atoms with Crippen LogP contribution in [0.25, 0.3) is 0 Å². The predicted molar refractivity (Wildman–Crippen MR) is 332 cm³/mol. The van der Waals surface area contributed by atoms with Crippen molar-refractivity contribution in [3.63, 3.8) is 0 Å². The van der Waals surface area contributed by atoms with Crippen molar-refractivity contribution in [2.45, 2.75) is 290 Å². The van der Waals surface area contributed by atoms with Crippen LogP contribution in [0.2, 0.25) is 0 Å². The van der Waals surface area contributed by atoms with Crippen molar-refractivity contribution in [1.29, 1.82) is 0 Å². The second kappa shape index (κ2) is 56.5. The number of esters is 1. The molecule has 0 radical (unpaired) electrons. The van der Waals surface area contributed by atoms with Crippen molar-refractivity contribution in [3.05, 3.63) is 85.1 Å². The zero-order valence-corrected chi connectivity index (χ0v) is 51.8.